The van der Waals surface area contributed by atoms with E-state index in [0.717, 1.165) is 11.3 Å². The molecule has 106 valence electrons. The van der Waals surface area contributed by atoms with Gasteiger partial charge in [0.2, 0.25) is 0 Å². The van der Waals surface area contributed by atoms with Crippen molar-refractivity contribution >= 4 is 11.9 Å². The molecule has 0 saturated heterocycles. The van der Waals surface area contributed by atoms with E-state index >= 15 is 0 Å². The first-order chi connectivity index (χ1) is 10.2. The third-order valence-electron chi connectivity index (χ3n) is 3.12. The highest BCUT2D eigenvalue weighted by atomic mass is 16.6. The molecular formula is C17H14O4. The van der Waals surface area contributed by atoms with Gasteiger partial charge in [0.1, 0.15) is 19.0 Å². The van der Waals surface area contributed by atoms with E-state index in [1.165, 1.54) is 18.2 Å². The molecule has 0 unspecified atom stereocenters. The molecule has 1 N–H and O–H groups in total. The van der Waals surface area contributed by atoms with Crippen LogP contribution in [-0.4, -0.2) is 24.1 Å². The normalized spacial score (nSPS) is 13.3. The van der Waals surface area contributed by atoms with Gasteiger partial charge in [-0.1, -0.05) is 24.3 Å². The van der Waals surface area contributed by atoms with E-state index in [0.29, 0.717) is 24.5 Å². The van der Waals surface area contributed by atoms with Crippen LogP contribution in [0.25, 0.3) is 6.08 Å². The number of aromatic hydroxyl groups is 1. The third kappa shape index (κ3) is 3.05. The smallest absolute Gasteiger partial charge is 0.185 e. The molecule has 0 bridgehead atoms. The van der Waals surface area contributed by atoms with Crippen LogP contribution in [0.4, 0.5) is 0 Å². The van der Waals surface area contributed by atoms with Gasteiger partial charge in [0.05, 0.1) is 0 Å². The van der Waals surface area contributed by atoms with Crippen molar-refractivity contribution < 1.29 is 19.4 Å². The average molecular weight is 282 g/mol. The van der Waals surface area contributed by atoms with Crippen molar-refractivity contribution in [2.45, 2.75) is 0 Å². The maximum Gasteiger partial charge on any atom is 0.185 e. The summed E-state index contributed by atoms with van der Waals surface area (Å²) in [7, 11) is 0. The van der Waals surface area contributed by atoms with Crippen molar-refractivity contribution in [2.24, 2.45) is 0 Å². The van der Waals surface area contributed by atoms with Gasteiger partial charge in [-0.05, 0) is 35.9 Å². The van der Waals surface area contributed by atoms with Crippen molar-refractivity contribution in [2.75, 3.05) is 13.2 Å². The third-order valence-corrected chi connectivity index (χ3v) is 3.12. The van der Waals surface area contributed by atoms with Crippen LogP contribution in [0, 0.1) is 0 Å². The molecule has 0 spiro atoms. The van der Waals surface area contributed by atoms with Crippen LogP contribution in [0.3, 0.4) is 0 Å². The lowest BCUT2D eigenvalue weighted by molar-refractivity contribution is 0.104. The predicted molar refractivity (Wildman–Crippen MR) is 78.9 cm³/mol. The lowest BCUT2D eigenvalue weighted by Crippen LogP contribution is -2.15. The fourth-order valence-electron chi connectivity index (χ4n) is 2.09. The van der Waals surface area contributed by atoms with E-state index in [9.17, 15) is 9.90 Å². The molecule has 1 aliphatic heterocycles. The first-order valence-electron chi connectivity index (χ1n) is 6.63. The minimum absolute atomic E-state index is 0.0774. The summed E-state index contributed by atoms with van der Waals surface area (Å²) < 4.78 is 10.9. The number of hydrogen-bond donors (Lipinski definition) is 1. The number of phenols is 1. The van der Waals surface area contributed by atoms with Gasteiger partial charge in [0, 0.05) is 5.56 Å². The van der Waals surface area contributed by atoms with Crippen molar-refractivity contribution in [3.63, 3.8) is 0 Å². The zero-order valence-corrected chi connectivity index (χ0v) is 11.3. The minimum atomic E-state index is -0.166. The fraction of sp³-hybridized carbons (Fsp3) is 0.118. The highest BCUT2D eigenvalue weighted by Crippen LogP contribution is 2.31. The van der Waals surface area contributed by atoms with Crippen LogP contribution >= 0.6 is 0 Å². The molecular weight excluding hydrogens is 268 g/mol. The summed E-state index contributed by atoms with van der Waals surface area (Å²) in [5.74, 6) is 1.32. The Balaban J connectivity index is 1.78. The second kappa shape index (κ2) is 5.71. The van der Waals surface area contributed by atoms with Crippen LogP contribution in [-0.2, 0) is 0 Å². The largest absolute Gasteiger partial charge is 0.508 e. The summed E-state index contributed by atoms with van der Waals surface area (Å²) in [5, 5.41) is 9.37. The first kappa shape index (κ1) is 13.2. The molecule has 21 heavy (non-hydrogen) atoms. The molecule has 0 aromatic heterocycles. The molecule has 3 rings (SSSR count). The SMILES string of the molecule is O=C(C=Cc1ccc2c(c1)OCCO2)c1cccc(O)c1. The van der Waals surface area contributed by atoms with Crippen LogP contribution in [0.1, 0.15) is 15.9 Å². The number of phenolic OH excluding ortho intramolecular Hbond substituents is 1. The Kier molecular flexibility index (Phi) is 3.60. The summed E-state index contributed by atoms with van der Waals surface area (Å²) in [5.41, 5.74) is 1.30. The second-order valence-corrected chi connectivity index (χ2v) is 4.65. The van der Waals surface area contributed by atoms with Crippen molar-refractivity contribution in [1.82, 2.24) is 0 Å². The topological polar surface area (TPSA) is 55.8 Å². The van der Waals surface area contributed by atoms with Crippen molar-refractivity contribution in [3.8, 4) is 17.2 Å². The van der Waals surface area contributed by atoms with Crippen molar-refractivity contribution in [1.29, 1.82) is 0 Å². The molecule has 1 heterocycles. The number of allylic oxidation sites excluding steroid dienone is 1. The van der Waals surface area contributed by atoms with E-state index < -0.39 is 0 Å². The maximum absolute atomic E-state index is 12.0. The Morgan fingerprint density at radius 2 is 1.86 bits per heavy atom. The quantitative estimate of drug-likeness (QED) is 0.694. The van der Waals surface area contributed by atoms with Crippen molar-refractivity contribution in [3.05, 3.63) is 59.7 Å². The standard InChI is InChI=1S/C17H14O4/c18-14-3-1-2-13(11-14)15(19)6-4-12-5-7-16-17(10-12)21-9-8-20-16/h1-7,10-11,18H,8-9H2. The Morgan fingerprint density at radius 3 is 2.67 bits per heavy atom. The van der Waals surface area contributed by atoms with Gasteiger partial charge in [-0.15, -0.1) is 0 Å². The highest BCUT2D eigenvalue weighted by Gasteiger charge is 2.11. The number of benzene rings is 2. The van der Waals surface area contributed by atoms with Gasteiger partial charge >= 0.3 is 0 Å². The number of ketones is 1. The molecule has 0 aliphatic carbocycles. The molecule has 4 nitrogen and oxygen atoms in total. The molecule has 4 heteroatoms. The number of carbonyl (C=O) groups is 1. The van der Waals surface area contributed by atoms with E-state index in [4.69, 9.17) is 9.47 Å². The summed E-state index contributed by atoms with van der Waals surface area (Å²) in [6, 6.07) is 11.8. The number of carbonyl (C=O) groups excluding carboxylic acids is 1. The molecule has 2 aromatic carbocycles. The zero-order chi connectivity index (χ0) is 14.7. The molecule has 0 saturated carbocycles. The molecule has 0 atom stereocenters. The molecule has 1 aliphatic rings. The molecule has 0 amide bonds. The van der Waals surface area contributed by atoms with E-state index in [2.05, 4.69) is 0 Å². The summed E-state index contributed by atoms with van der Waals surface area (Å²) in [6.45, 7) is 1.08. The second-order valence-electron chi connectivity index (χ2n) is 4.65. The summed E-state index contributed by atoms with van der Waals surface area (Å²) in [6.07, 6.45) is 3.19. The Hall–Kier alpha value is -2.75. The number of ether oxygens (including phenoxy) is 2. The molecule has 2 aromatic rings. The average Bonchev–Trinajstić information content (AvgIpc) is 2.52. The van der Waals surface area contributed by atoms with E-state index in [1.807, 2.05) is 18.2 Å². The minimum Gasteiger partial charge on any atom is -0.508 e. The highest BCUT2D eigenvalue weighted by molar-refractivity contribution is 6.07. The maximum atomic E-state index is 12.0. The van der Waals surface area contributed by atoms with Gasteiger partial charge in [-0.3, -0.25) is 4.79 Å². The van der Waals surface area contributed by atoms with E-state index in [-0.39, 0.29) is 11.5 Å². The van der Waals surface area contributed by atoms with Gasteiger partial charge in [0.25, 0.3) is 0 Å². The summed E-state index contributed by atoms with van der Waals surface area (Å²) >= 11 is 0. The molecule has 0 fully saturated rings. The number of hydrogen-bond acceptors (Lipinski definition) is 4. The monoisotopic (exact) mass is 282 g/mol. The Labute approximate surface area is 122 Å². The first-order valence-corrected chi connectivity index (χ1v) is 6.63. The lowest BCUT2D eigenvalue weighted by Gasteiger charge is -2.18. The van der Waals surface area contributed by atoms with Gasteiger partial charge < -0.3 is 14.6 Å². The van der Waals surface area contributed by atoms with Gasteiger partial charge in [0.15, 0.2) is 17.3 Å². The Bertz CT molecular complexity index is 704. The predicted octanol–water partition coefficient (Wildman–Crippen LogP) is 3.06. The van der Waals surface area contributed by atoms with Crippen LogP contribution in [0.2, 0.25) is 0 Å². The number of fused-ring (bicyclic) bond motifs is 1. The fourth-order valence-corrected chi connectivity index (χ4v) is 2.09. The Morgan fingerprint density at radius 1 is 1.05 bits per heavy atom. The van der Waals surface area contributed by atoms with Gasteiger partial charge in [-0.25, -0.2) is 0 Å². The molecule has 0 radical (unpaired) electrons. The van der Waals surface area contributed by atoms with Crippen LogP contribution in [0.15, 0.2) is 48.5 Å². The van der Waals surface area contributed by atoms with Crippen LogP contribution < -0.4 is 9.47 Å². The zero-order valence-electron chi connectivity index (χ0n) is 11.3. The van der Waals surface area contributed by atoms with Crippen LogP contribution in [0.5, 0.6) is 17.2 Å². The summed E-state index contributed by atoms with van der Waals surface area (Å²) in [4.78, 5) is 12.0. The number of rotatable bonds is 3. The van der Waals surface area contributed by atoms with E-state index in [1.54, 1.807) is 18.2 Å². The lowest BCUT2D eigenvalue weighted by atomic mass is 10.1. The van der Waals surface area contributed by atoms with Gasteiger partial charge in [-0.2, -0.15) is 0 Å².